The van der Waals surface area contributed by atoms with Gasteiger partial charge in [0, 0.05) is 32.2 Å². The molecule has 1 aromatic rings. The van der Waals surface area contributed by atoms with E-state index in [9.17, 15) is 5.11 Å². The molecule has 1 saturated heterocycles. The van der Waals surface area contributed by atoms with Gasteiger partial charge in [0.05, 0.1) is 5.60 Å². The van der Waals surface area contributed by atoms with Gasteiger partial charge in [-0.3, -0.25) is 0 Å². The Kier molecular flexibility index (Phi) is 5.04. The Morgan fingerprint density at radius 1 is 1.43 bits per heavy atom. The first-order valence-electron chi connectivity index (χ1n) is 7.93. The molecular weight excluding hydrogens is 264 g/mol. The molecule has 0 bridgehead atoms. The van der Waals surface area contributed by atoms with Crippen LogP contribution in [-0.4, -0.2) is 46.9 Å². The molecule has 1 aromatic heterocycles. The van der Waals surface area contributed by atoms with Crippen LogP contribution in [0.15, 0.2) is 12.4 Å². The third-order valence-electron chi connectivity index (χ3n) is 3.90. The summed E-state index contributed by atoms with van der Waals surface area (Å²) < 4.78 is 0. The number of hydrogen-bond acceptors (Lipinski definition) is 5. The fourth-order valence-electron chi connectivity index (χ4n) is 2.90. The van der Waals surface area contributed by atoms with Gasteiger partial charge in [0.1, 0.15) is 18.0 Å². The smallest absolute Gasteiger partial charge is 0.134 e. The van der Waals surface area contributed by atoms with Crippen molar-refractivity contribution in [2.24, 2.45) is 5.92 Å². The molecule has 2 heterocycles. The van der Waals surface area contributed by atoms with Gasteiger partial charge in [0.15, 0.2) is 0 Å². The SMILES string of the molecule is CCN(CC(C)(C)O)c1cc(N2CCCC(C)C2)ncn1. The Bertz CT molecular complexity index is 458. The van der Waals surface area contributed by atoms with Crippen LogP contribution in [-0.2, 0) is 0 Å². The predicted octanol–water partition coefficient (Wildman–Crippen LogP) is 2.31. The number of piperidine rings is 1. The highest BCUT2D eigenvalue weighted by atomic mass is 16.3. The predicted molar refractivity (Wildman–Crippen MR) is 86.8 cm³/mol. The molecule has 0 aliphatic carbocycles. The van der Waals surface area contributed by atoms with E-state index in [0.717, 1.165) is 37.2 Å². The maximum absolute atomic E-state index is 10.0. The van der Waals surface area contributed by atoms with Gasteiger partial charge in [-0.05, 0) is 39.5 Å². The topological polar surface area (TPSA) is 52.5 Å². The minimum atomic E-state index is -0.735. The van der Waals surface area contributed by atoms with Crippen LogP contribution in [0, 0.1) is 5.92 Å². The number of nitrogens with zero attached hydrogens (tertiary/aromatic N) is 4. The van der Waals surface area contributed by atoms with Crippen molar-refractivity contribution in [3.63, 3.8) is 0 Å². The number of aliphatic hydroxyl groups is 1. The Balaban J connectivity index is 2.16. The third kappa shape index (κ3) is 4.56. The monoisotopic (exact) mass is 292 g/mol. The fourth-order valence-corrected chi connectivity index (χ4v) is 2.90. The zero-order valence-corrected chi connectivity index (χ0v) is 13.7. The largest absolute Gasteiger partial charge is 0.389 e. The molecule has 0 aromatic carbocycles. The summed E-state index contributed by atoms with van der Waals surface area (Å²) in [5.41, 5.74) is -0.735. The van der Waals surface area contributed by atoms with Crippen molar-refractivity contribution >= 4 is 11.6 Å². The summed E-state index contributed by atoms with van der Waals surface area (Å²) in [4.78, 5) is 13.3. The van der Waals surface area contributed by atoms with Gasteiger partial charge in [-0.1, -0.05) is 6.92 Å². The van der Waals surface area contributed by atoms with Crippen LogP contribution >= 0.6 is 0 Å². The average Bonchev–Trinajstić information content (AvgIpc) is 2.44. The van der Waals surface area contributed by atoms with Crippen LogP contribution in [0.1, 0.15) is 40.5 Å². The van der Waals surface area contributed by atoms with E-state index >= 15 is 0 Å². The maximum atomic E-state index is 10.0. The summed E-state index contributed by atoms with van der Waals surface area (Å²) in [6.45, 7) is 11.5. The lowest BCUT2D eigenvalue weighted by molar-refractivity contribution is 0.0874. The number of likely N-dealkylation sites (N-methyl/N-ethyl adjacent to an activating group) is 1. The molecule has 21 heavy (non-hydrogen) atoms. The molecule has 5 nitrogen and oxygen atoms in total. The van der Waals surface area contributed by atoms with E-state index in [1.807, 2.05) is 19.9 Å². The summed E-state index contributed by atoms with van der Waals surface area (Å²) in [7, 11) is 0. The quantitative estimate of drug-likeness (QED) is 0.902. The van der Waals surface area contributed by atoms with E-state index in [-0.39, 0.29) is 0 Å². The number of hydrogen-bond donors (Lipinski definition) is 1. The van der Waals surface area contributed by atoms with Crippen LogP contribution < -0.4 is 9.80 Å². The van der Waals surface area contributed by atoms with Gasteiger partial charge in [0.25, 0.3) is 0 Å². The average molecular weight is 292 g/mol. The lowest BCUT2D eigenvalue weighted by Crippen LogP contribution is -2.39. The highest BCUT2D eigenvalue weighted by molar-refractivity contribution is 5.50. The van der Waals surface area contributed by atoms with Crippen molar-refractivity contribution in [1.29, 1.82) is 0 Å². The van der Waals surface area contributed by atoms with Crippen molar-refractivity contribution in [3.05, 3.63) is 12.4 Å². The molecule has 1 fully saturated rings. The molecule has 1 aliphatic rings. The van der Waals surface area contributed by atoms with Gasteiger partial charge in [0.2, 0.25) is 0 Å². The van der Waals surface area contributed by atoms with E-state index in [4.69, 9.17) is 0 Å². The Morgan fingerprint density at radius 2 is 2.19 bits per heavy atom. The standard InChI is InChI=1S/C16H28N4O/c1-5-19(11-16(3,4)21)14-9-15(18-12-17-14)20-8-6-7-13(2)10-20/h9,12-13,21H,5-8,10-11H2,1-4H3. The summed E-state index contributed by atoms with van der Waals surface area (Å²) in [6, 6.07) is 2.05. The summed E-state index contributed by atoms with van der Waals surface area (Å²) >= 11 is 0. The Hall–Kier alpha value is -1.36. The highest BCUT2D eigenvalue weighted by Crippen LogP contribution is 2.24. The highest BCUT2D eigenvalue weighted by Gasteiger charge is 2.21. The first-order chi connectivity index (χ1) is 9.89. The number of anilines is 2. The summed E-state index contributed by atoms with van der Waals surface area (Å²) in [5, 5.41) is 10.0. The maximum Gasteiger partial charge on any atom is 0.134 e. The van der Waals surface area contributed by atoms with Crippen LogP contribution in [0.25, 0.3) is 0 Å². The van der Waals surface area contributed by atoms with Crippen molar-refractivity contribution in [3.8, 4) is 0 Å². The first kappa shape index (κ1) is 16.0. The van der Waals surface area contributed by atoms with Gasteiger partial charge in [-0.25, -0.2) is 9.97 Å². The number of rotatable bonds is 5. The molecule has 1 atom stereocenters. The van der Waals surface area contributed by atoms with E-state index in [1.54, 1.807) is 6.33 Å². The second-order valence-electron chi connectivity index (χ2n) is 6.75. The molecule has 2 rings (SSSR count). The zero-order chi connectivity index (χ0) is 15.5. The molecule has 1 aliphatic heterocycles. The zero-order valence-electron chi connectivity index (χ0n) is 13.7. The van der Waals surface area contributed by atoms with Crippen molar-refractivity contribution in [2.75, 3.05) is 36.0 Å². The third-order valence-corrected chi connectivity index (χ3v) is 3.90. The lowest BCUT2D eigenvalue weighted by Gasteiger charge is -2.33. The molecule has 0 radical (unpaired) electrons. The number of aromatic nitrogens is 2. The molecular formula is C16H28N4O. The first-order valence-corrected chi connectivity index (χ1v) is 7.93. The van der Waals surface area contributed by atoms with Gasteiger partial charge in [-0.2, -0.15) is 0 Å². The van der Waals surface area contributed by atoms with Crippen molar-refractivity contribution in [2.45, 2.75) is 46.1 Å². The molecule has 5 heteroatoms. The second-order valence-corrected chi connectivity index (χ2v) is 6.75. The molecule has 0 spiro atoms. The van der Waals surface area contributed by atoms with E-state index in [2.05, 4.69) is 33.6 Å². The van der Waals surface area contributed by atoms with E-state index < -0.39 is 5.60 Å². The summed E-state index contributed by atoms with van der Waals surface area (Å²) in [5.74, 6) is 2.61. The van der Waals surface area contributed by atoms with Gasteiger partial charge in [-0.15, -0.1) is 0 Å². The molecule has 1 unspecified atom stereocenters. The van der Waals surface area contributed by atoms with Crippen LogP contribution in [0.2, 0.25) is 0 Å². The van der Waals surface area contributed by atoms with Crippen molar-refractivity contribution in [1.82, 2.24) is 9.97 Å². The normalized spacial score (nSPS) is 19.7. The van der Waals surface area contributed by atoms with Crippen LogP contribution in [0.3, 0.4) is 0 Å². The molecule has 118 valence electrons. The fraction of sp³-hybridized carbons (Fsp3) is 0.750. The van der Waals surface area contributed by atoms with E-state index in [0.29, 0.717) is 6.54 Å². The van der Waals surface area contributed by atoms with Crippen molar-refractivity contribution < 1.29 is 5.11 Å². The molecule has 0 saturated carbocycles. The van der Waals surface area contributed by atoms with E-state index in [1.165, 1.54) is 12.8 Å². The second kappa shape index (κ2) is 6.60. The van der Waals surface area contributed by atoms with Crippen LogP contribution in [0.4, 0.5) is 11.6 Å². The van der Waals surface area contributed by atoms with Crippen LogP contribution in [0.5, 0.6) is 0 Å². The lowest BCUT2D eigenvalue weighted by atomic mass is 10.0. The molecule has 0 amide bonds. The van der Waals surface area contributed by atoms with Gasteiger partial charge < -0.3 is 14.9 Å². The Labute approximate surface area is 128 Å². The minimum Gasteiger partial charge on any atom is -0.389 e. The molecule has 1 N–H and O–H groups in total. The summed E-state index contributed by atoms with van der Waals surface area (Å²) in [6.07, 6.45) is 4.16. The minimum absolute atomic E-state index is 0.566. The Morgan fingerprint density at radius 3 is 2.81 bits per heavy atom. The van der Waals surface area contributed by atoms with Gasteiger partial charge >= 0.3 is 0 Å².